The standard InChI is InChI=1S/C15H12N2O6/c16-13-6-5-11(18)7-12(13)15(20)23-8-14(19)9-1-3-10(4-2-9)17(21)22/h1-7,18H,8,16H2. The van der Waals surface area contributed by atoms with Crippen molar-refractivity contribution in [2.45, 2.75) is 0 Å². The molecule has 8 heteroatoms. The van der Waals surface area contributed by atoms with E-state index >= 15 is 0 Å². The van der Waals surface area contributed by atoms with E-state index in [4.69, 9.17) is 10.5 Å². The average Bonchev–Trinajstić information content (AvgIpc) is 2.54. The van der Waals surface area contributed by atoms with Gasteiger partial charge >= 0.3 is 5.97 Å². The van der Waals surface area contributed by atoms with E-state index in [0.717, 1.165) is 6.07 Å². The lowest BCUT2D eigenvalue weighted by Gasteiger charge is -2.07. The van der Waals surface area contributed by atoms with E-state index in [1.807, 2.05) is 0 Å². The third kappa shape index (κ3) is 3.82. The monoisotopic (exact) mass is 316 g/mol. The van der Waals surface area contributed by atoms with Crippen molar-refractivity contribution in [1.29, 1.82) is 0 Å². The molecule has 0 radical (unpaired) electrons. The Balaban J connectivity index is 2.02. The molecule has 2 aromatic carbocycles. The number of esters is 1. The fourth-order valence-electron chi connectivity index (χ4n) is 1.78. The summed E-state index contributed by atoms with van der Waals surface area (Å²) in [6.07, 6.45) is 0. The molecule has 0 heterocycles. The van der Waals surface area contributed by atoms with Crippen molar-refractivity contribution in [2.24, 2.45) is 0 Å². The third-order valence-electron chi connectivity index (χ3n) is 2.99. The minimum absolute atomic E-state index is 0.0542. The number of benzene rings is 2. The Morgan fingerprint density at radius 2 is 1.83 bits per heavy atom. The number of nitrogens with zero attached hydrogens (tertiary/aromatic N) is 1. The number of ketones is 1. The molecule has 23 heavy (non-hydrogen) atoms. The number of hydrogen-bond acceptors (Lipinski definition) is 7. The number of nitrogens with two attached hydrogens (primary N) is 1. The molecular formula is C15H12N2O6. The summed E-state index contributed by atoms with van der Waals surface area (Å²) in [7, 11) is 0. The van der Waals surface area contributed by atoms with Gasteiger partial charge < -0.3 is 15.6 Å². The van der Waals surface area contributed by atoms with Crippen LogP contribution in [-0.2, 0) is 4.74 Å². The van der Waals surface area contributed by atoms with Gasteiger partial charge in [0, 0.05) is 23.4 Å². The van der Waals surface area contributed by atoms with Crippen molar-refractivity contribution in [3.8, 4) is 5.75 Å². The minimum Gasteiger partial charge on any atom is -0.508 e. The van der Waals surface area contributed by atoms with Gasteiger partial charge in [-0.15, -0.1) is 0 Å². The Labute approximate surface area is 130 Å². The first-order valence-electron chi connectivity index (χ1n) is 6.42. The van der Waals surface area contributed by atoms with Crippen molar-refractivity contribution < 1.29 is 24.4 Å². The number of carbonyl (C=O) groups is 2. The largest absolute Gasteiger partial charge is 0.508 e. The maximum absolute atomic E-state index is 11.9. The van der Waals surface area contributed by atoms with E-state index in [-0.39, 0.29) is 28.3 Å². The molecule has 0 fully saturated rings. The molecule has 0 aliphatic carbocycles. The Morgan fingerprint density at radius 3 is 2.43 bits per heavy atom. The zero-order valence-corrected chi connectivity index (χ0v) is 11.8. The van der Waals surface area contributed by atoms with Crippen LogP contribution >= 0.6 is 0 Å². The van der Waals surface area contributed by atoms with Gasteiger partial charge in [-0.3, -0.25) is 14.9 Å². The maximum Gasteiger partial charge on any atom is 0.340 e. The molecular weight excluding hydrogens is 304 g/mol. The van der Waals surface area contributed by atoms with Crippen LogP contribution in [0.3, 0.4) is 0 Å². The number of aromatic hydroxyl groups is 1. The summed E-state index contributed by atoms with van der Waals surface area (Å²) in [6, 6.07) is 8.70. The number of hydrogen-bond donors (Lipinski definition) is 2. The lowest BCUT2D eigenvalue weighted by Crippen LogP contribution is -2.15. The molecule has 0 spiro atoms. The van der Waals surface area contributed by atoms with Crippen LogP contribution in [0, 0.1) is 10.1 Å². The smallest absolute Gasteiger partial charge is 0.340 e. The fourth-order valence-corrected chi connectivity index (χ4v) is 1.78. The molecule has 118 valence electrons. The van der Waals surface area contributed by atoms with Crippen LogP contribution < -0.4 is 5.73 Å². The van der Waals surface area contributed by atoms with Crippen molar-refractivity contribution >= 4 is 23.1 Å². The van der Waals surface area contributed by atoms with E-state index in [9.17, 15) is 24.8 Å². The van der Waals surface area contributed by atoms with Gasteiger partial charge in [-0.25, -0.2) is 4.79 Å². The molecule has 2 rings (SSSR count). The highest BCUT2D eigenvalue weighted by Crippen LogP contribution is 2.19. The number of nitrogen functional groups attached to an aromatic ring is 1. The number of phenolic OH excluding ortho intramolecular Hbond substituents is 1. The summed E-state index contributed by atoms with van der Waals surface area (Å²) in [5.74, 6) is -1.53. The number of carbonyl (C=O) groups excluding carboxylic acids is 2. The second-order valence-electron chi connectivity index (χ2n) is 4.57. The molecule has 0 aliphatic heterocycles. The summed E-state index contributed by atoms with van der Waals surface area (Å²) < 4.78 is 4.84. The predicted octanol–water partition coefficient (Wildman–Crippen LogP) is 1.92. The molecule has 0 saturated heterocycles. The number of anilines is 1. The highest BCUT2D eigenvalue weighted by Gasteiger charge is 2.15. The molecule has 0 bridgehead atoms. The second-order valence-corrected chi connectivity index (χ2v) is 4.57. The van der Waals surface area contributed by atoms with Crippen LogP contribution in [0.4, 0.5) is 11.4 Å². The lowest BCUT2D eigenvalue weighted by molar-refractivity contribution is -0.384. The van der Waals surface area contributed by atoms with Gasteiger partial charge in [-0.2, -0.15) is 0 Å². The Kier molecular flexibility index (Phi) is 4.55. The van der Waals surface area contributed by atoms with E-state index in [0.29, 0.717) is 0 Å². The molecule has 3 N–H and O–H groups in total. The van der Waals surface area contributed by atoms with E-state index in [2.05, 4.69) is 0 Å². The first kappa shape index (κ1) is 16.0. The minimum atomic E-state index is -0.853. The lowest BCUT2D eigenvalue weighted by atomic mass is 10.1. The van der Waals surface area contributed by atoms with Crippen LogP contribution in [0.2, 0.25) is 0 Å². The third-order valence-corrected chi connectivity index (χ3v) is 2.99. The normalized spacial score (nSPS) is 10.1. The summed E-state index contributed by atoms with van der Waals surface area (Å²) in [6.45, 7) is -0.550. The maximum atomic E-state index is 11.9. The van der Waals surface area contributed by atoms with Crippen molar-refractivity contribution in [1.82, 2.24) is 0 Å². The molecule has 0 unspecified atom stereocenters. The zero-order valence-electron chi connectivity index (χ0n) is 11.8. The highest BCUT2D eigenvalue weighted by molar-refractivity contribution is 6.00. The van der Waals surface area contributed by atoms with Gasteiger partial charge in [0.15, 0.2) is 12.4 Å². The first-order valence-corrected chi connectivity index (χ1v) is 6.42. The number of rotatable bonds is 5. The van der Waals surface area contributed by atoms with Gasteiger partial charge in [0.25, 0.3) is 5.69 Å². The molecule has 0 atom stereocenters. The Hall–Kier alpha value is -3.42. The van der Waals surface area contributed by atoms with Crippen molar-refractivity contribution in [3.63, 3.8) is 0 Å². The van der Waals surface area contributed by atoms with Crippen LogP contribution in [-0.4, -0.2) is 28.4 Å². The van der Waals surface area contributed by atoms with Gasteiger partial charge in [-0.1, -0.05) is 0 Å². The number of nitro benzene ring substituents is 1. The zero-order chi connectivity index (χ0) is 17.0. The van der Waals surface area contributed by atoms with E-state index < -0.39 is 23.3 Å². The van der Waals surface area contributed by atoms with E-state index in [1.54, 1.807) is 0 Å². The number of nitro groups is 1. The van der Waals surface area contributed by atoms with Crippen LogP contribution in [0.15, 0.2) is 42.5 Å². The summed E-state index contributed by atoms with van der Waals surface area (Å²) in [5.41, 5.74) is 5.67. The van der Waals surface area contributed by atoms with Gasteiger partial charge in [0.1, 0.15) is 5.75 Å². The van der Waals surface area contributed by atoms with Crippen molar-refractivity contribution in [2.75, 3.05) is 12.3 Å². The predicted molar refractivity (Wildman–Crippen MR) is 80.2 cm³/mol. The van der Waals surface area contributed by atoms with Gasteiger partial charge in [-0.05, 0) is 30.3 Å². The molecule has 0 amide bonds. The SMILES string of the molecule is Nc1ccc(O)cc1C(=O)OCC(=O)c1ccc([N+](=O)[O-])cc1. The van der Waals surface area contributed by atoms with Gasteiger partial charge in [0.05, 0.1) is 10.5 Å². The number of ether oxygens (including phenoxy) is 1. The van der Waals surface area contributed by atoms with E-state index in [1.165, 1.54) is 36.4 Å². The Morgan fingerprint density at radius 1 is 1.17 bits per heavy atom. The topological polar surface area (TPSA) is 133 Å². The molecule has 2 aromatic rings. The Bertz CT molecular complexity index is 770. The fraction of sp³-hybridized carbons (Fsp3) is 0.0667. The number of Topliss-reactive ketones (excluding diaryl/α,β-unsaturated/α-hetero) is 1. The molecule has 0 aromatic heterocycles. The average molecular weight is 316 g/mol. The number of non-ortho nitro benzene ring substituents is 1. The first-order chi connectivity index (χ1) is 10.9. The number of phenols is 1. The quantitative estimate of drug-likeness (QED) is 0.215. The second kappa shape index (κ2) is 6.56. The van der Waals surface area contributed by atoms with Crippen LogP contribution in [0.1, 0.15) is 20.7 Å². The van der Waals surface area contributed by atoms with Crippen LogP contribution in [0.5, 0.6) is 5.75 Å². The van der Waals surface area contributed by atoms with Crippen LogP contribution in [0.25, 0.3) is 0 Å². The molecule has 8 nitrogen and oxygen atoms in total. The molecule has 0 aliphatic rings. The summed E-state index contributed by atoms with van der Waals surface area (Å²) >= 11 is 0. The molecule has 0 saturated carbocycles. The van der Waals surface area contributed by atoms with Gasteiger partial charge in [0.2, 0.25) is 0 Å². The summed E-state index contributed by atoms with van der Waals surface area (Å²) in [4.78, 5) is 33.7. The summed E-state index contributed by atoms with van der Waals surface area (Å²) in [5, 5.41) is 19.9. The van der Waals surface area contributed by atoms with Crippen molar-refractivity contribution in [3.05, 3.63) is 63.7 Å². The highest BCUT2D eigenvalue weighted by atomic mass is 16.6.